The maximum absolute atomic E-state index is 12.0. The summed E-state index contributed by atoms with van der Waals surface area (Å²) in [5, 5.41) is 5.51. The summed E-state index contributed by atoms with van der Waals surface area (Å²) < 4.78 is 0. The van der Waals surface area contributed by atoms with E-state index in [1.165, 1.54) is 6.92 Å². The van der Waals surface area contributed by atoms with Crippen molar-refractivity contribution < 1.29 is 9.59 Å². The number of rotatable bonds is 4. The van der Waals surface area contributed by atoms with E-state index in [0.717, 1.165) is 5.56 Å². The molecule has 102 valence electrons. The Morgan fingerprint density at radius 1 is 0.950 bits per heavy atom. The predicted octanol–water partition coefficient (Wildman–Crippen LogP) is 2.58. The van der Waals surface area contributed by atoms with Crippen LogP contribution in [-0.4, -0.2) is 11.8 Å². The Bertz CT molecular complexity index is 592. The van der Waals surface area contributed by atoms with Crippen LogP contribution in [0.4, 0.5) is 5.69 Å². The molecule has 2 amide bonds. The molecule has 0 spiro atoms. The molecule has 2 rings (SSSR count). The van der Waals surface area contributed by atoms with Gasteiger partial charge < -0.3 is 10.6 Å². The van der Waals surface area contributed by atoms with Crippen LogP contribution in [0.3, 0.4) is 0 Å². The number of nitrogens with one attached hydrogen (secondary N) is 2. The van der Waals surface area contributed by atoms with Crippen LogP contribution >= 0.6 is 0 Å². The van der Waals surface area contributed by atoms with Gasteiger partial charge in [-0.25, -0.2) is 0 Å². The van der Waals surface area contributed by atoms with E-state index >= 15 is 0 Å². The molecule has 0 radical (unpaired) electrons. The average Bonchev–Trinajstić information content (AvgIpc) is 2.46. The molecule has 2 aromatic carbocycles. The van der Waals surface area contributed by atoms with Gasteiger partial charge in [0.2, 0.25) is 5.91 Å². The van der Waals surface area contributed by atoms with Crippen LogP contribution in [0.2, 0.25) is 0 Å². The summed E-state index contributed by atoms with van der Waals surface area (Å²) >= 11 is 0. The van der Waals surface area contributed by atoms with E-state index in [-0.39, 0.29) is 11.8 Å². The number of carbonyl (C=O) groups excluding carboxylic acids is 2. The van der Waals surface area contributed by atoms with Crippen LogP contribution in [0, 0.1) is 0 Å². The summed E-state index contributed by atoms with van der Waals surface area (Å²) in [6.07, 6.45) is 0. The van der Waals surface area contributed by atoms with Crippen molar-refractivity contribution in [1.29, 1.82) is 0 Å². The van der Waals surface area contributed by atoms with E-state index in [4.69, 9.17) is 0 Å². The zero-order valence-electron chi connectivity index (χ0n) is 11.2. The molecule has 0 saturated heterocycles. The average molecular weight is 268 g/mol. The van der Waals surface area contributed by atoms with Gasteiger partial charge in [0.1, 0.15) is 0 Å². The number of carbonyl (C=O) groups is 2. The van der Waals surface area contributed by atoms with E-state index in [9.17, 15) is 9.59 Å². The lowest BCUT2D eigenvalue weighted by Crippen LogP contribution is -2.22. The monoisotopic (exact) mass is 268 g/mol. The van der Waals surface area contributed by atoms with Gasteiger partial charge in [0, 0.05) is 24.7 Å². The number of hydrogen-bond acceptors (Lipinski definition) is 2. The Morgan fingerprint density at radius 3 is 2.20 bits per heavy atom. The quantitative estimate of drug-likeness (QED) is 0.895. The Kier molecular flexibility index (Phi) is 4.50. The Labute approximate surface area is 117 Å². The van der Waals surface area contributed by atoms with Crippen LogP contribution in [-0.2, 0) is 11.3 Å². The fourth-order valence-electron chi connectivity index (χ4n) is 1.79. The zero-order valence-corrected chi connectivity index (χ0v) is 11.2. The number of amides is 2. The van der Waals surface area contributed by atoms with Crippen molar-refractivity contribution in [3.63, 3.8) is 0 Å². The normalized spacial score (nSPS) is 9.85. The molecule has 2 N–H and O–H groups in total. The van der Waals surface area contributed by atoms with Crippen molar-refractivity contribution in [1.82, 2.24) is 5.32 Å². The van der Waals surface area contributed by atoms with Gasteiger partial charge in [-0.15, -0.1) is 0 Å². The predicted molar refractivity (Wildman–Crippen MR) is 78.4 cm³/mol. The minimum absolute atomic E-state index is 0.133. The van der Waals surface area contributed by atoms with Gasteiger partial charge in [-0.3, -0.25) is 9.59 Å². The molecule has 0 fully saturated rings. The fourth-order valence-corrected chi connectivity index (χ4v) is 1.79. The number of hydrogen-bond donors (Lipinski definition) is 2. The van der Waals surface area contributed by atoms with Gasteiger partial charge in [-0.1, -0.05) is 30.3 Å². The second kappa shape index (κ2) is 6.52. The van der Waals surface area contributed by atoms with Crippen LogP contribution < -0.4 is 10.6 Å². The largest absolute Gasteiger partial charge is 0.348 e. The molecule has 4 nitrogen and oxygen atoms in total. The lowest BCUT2D eigenvalue weighted by atomic mass is 10.1. The molecule has 0 heterocycles. The summed E-state index contributed by atoms with van der Waals surface area (Å²) in [7, 11) is 0. The van der Waals surface area contributed by atoms with Crippen molar-refractivity contribution >= 4 is 17.5 Å². The lowest BCUT2D eigenvalue weighted by molar-refractivity contribution is -0.114. The first-order chi connectivity index (χ1) is 9.65. The highest BCUT2D eigenvalue weighted by atomic mass is 16.2. The van der Waals surface area contributed by atoms with E-state index in [1.807, 2.05) is 30.3 Å². The molecule has 0 aliphatic carbocycles. The van der Waals surface area contributed by atoms with Gasteiger partial charge in [0.05, 0.1) is 0 Å². The fraction of sp³-hybridized carbons (Fsp3) is 0.125. The summed E-state index contributed by atoms with van der Waals surface area (Å²) in [5.41, 5.74) is 2.29. The molecule has 0 aliphatic heterocycles. The lowest BCUT2D eigenvalue weighted by Gasteiger charge is -2.06. The molecule has 0 bridgehead atoms. The second-order valence-electron chi connectivity index (χ2n) is 4.43. The maximum Gasteiger partial charge on any atom is 0.251 e. The third-order valence-corrected chi connectivity index (χ3v) is 2.76. The van der Waals surface area contributed by atoms with E-state index < -0.39 is 0 Å². The van der Waals surface area contributed by atoms with Crippen LogP contribution in [0.15, 0.2) is 54.6 Å². The molecule has 0 unspecified atom stereocenters. The molecule has 20 heavy (non-hydrogen) atoms. The van der Waals surface area contributed by atoms with Gasteiger partial charge >= 0.3 is 0 Å². The SMILES string of the molecule is CC(=O)Nc1ccc(C(=O)NCc2ccccc2)cc1. The number of anilines is 1. The first-order valence-corrected chi connectivity index (χ1v) is 6.35. The molecule has 0 aliphatic rings. The molecule has 0 aromatic heterocycles. The smallest absolute Gasteiger partial charge is 0.251 e. The third-order valence-electron chi connectivity index (χ3n) is 2.76. The Hall–Kier alpha value is -2.62. The topological polar surface area (TPSA) is 58.2 Å². The highest BCUT2D eigenvalue weighted by molar-refractivity contribution is 5.95. The van der Waals surface area contributed by atoms with E-state index in [1.54, 1.807) is 24.3 Å². The van der Waals surface area contributed by atoms with Crippen molar-refractivity contribution in [2.45, 2.75) is 13.5 Å². The van der Waals surface area contributed by atoms with E-state index in [0.29, 0.717) is 17.8 Å². The number of benzene rings is 2. The van der Waals surface area contributed by atoms with Crippen LogP contribution in [0.25, 0.3) is 0 Å². The van der Waals surface area contributed by atoms with Crippen molar-refractivity contribution in [2.75, 3.05) is 5.32 Å². The first kappa shape index (κ1) is 13.8. The molecule has 0 saturated carbocycles. The van der Waals surface area contributed by atoms with Gasteiger partial charge in [-0.05, 0) is 29.8 Å². The van der Waals surface area contributed by atoms with Crippen LogP contribution in [0.5, 0.6) is 0 Å². The Morgan fingerprint density at radius 2 is 1.60 bits per heavy atom. The third kappa shape index (κ3) is 3.95. The van der Waals surface area contributed by atoms with Gasteiger partial charge in [-0.2, -0.15) is 0 Å². The van der Waals surface area contributed by atoms with Crippen LogP contribution in [0.1, 0.15) is 22.8 Å². The standard InChI is InChI=1S/C16H16N2O2/c1-12(19)18-15-9-7-14(8-10-15)16(20)17-11-13-5-3-2-4-6-13/h2-10H,11H2,1H3,(H,17,20)(H,18,19). The van der Waals surface area contributed by atoms with Crippen molar-refractivity contribution in [3.8, 4) is 0 Å². The molecule has 2 aromatic rings. The van der Waals surface area contributed by atoms with Gasteiger partial charge in [0.15, 0.2) is 0 Å². The maximum atomic E-state index is 12.0. The minimum Gasteiger partial charge on any atom is -0.348 e. The summed E-state index contributed by atoms with van der Waals surface area (Å²) in [4.78, 5) is 22.9. The van der Waals surface area contributed by atoms with Crippen molar-refractivity contribution in [2.24, 2.45) is 0 Å². The summed E-state index contributed by atoms with van der Waals surface area (Å²) in [6, 6.07) is 16.5. The first-order valence-electron chi connectivity index (χ1n) is 6.35. The summed E-state index contributed by atoms with van der Waals surface area (Å²) in [5.74, 6) is -0.269. The highest BCUT2D eigenvalue weighted by Gasteiger charge is 2.05. The summed E-state index contributed by atoms with van der Waals surface area (Å²) in [6.45, 7) is 1.94. The zero-order chi connectivity index (χ0) is 14.4. The molecular formula is C16H16N2O2. The highest BCUT2D eigenvalue weighted by Crippen LogP contribution is 2.09. The minimum atomic E-state index is -0.136. The van der Waals surface area contributed by atoms with Gasteiger partial charge in [0.25, 0.3) is 5.91 Å². The van der Waals surface area contributed by atoms with Crippen molar-refractivity contribution in [3.05, 3.63) is 65.7 Å². The second-order valence-corrected chi connectivity index (χ2v) is 4.43. The Balaban J connectivity index is 1.94. The molecular weight excluding hydrogens is 252 g/mol. The molecule has 0 atom stereocenters. The van der Waals surface area contributed by atoms with E-state index in [2.05, 4.69) is 10.6 Å². The molecule has 4 heteroatoms.